The van der Waals surface area contributed by atoms with E-state index in [4.69, 9.17) is 5.73 Å². The molecule has 5 heteroatoms. The smallest absolute Gasteiger partial charge is 0.194 e. The summed E-state index contributed by atoms with van der Waals surface area (Å²) in [5, 5.41) is 1.71. The molecule has 0 saturated carbocycles. The van der Waals surface area contributed by atoms with Gasteiger partial charge in [-0.25, -0.2) is 15.0 Å². The number of pyridine rings is 1. The highest BCUT2D eigenvalue weighted by molar-refractivity contribution is 7.99. The van der Waals surface area contributed by atoms with Crippen molar-refractivity contribution in [3.8, 4) is 0 Å². The van der Waals surface area contributed by atoms with Crippen molar-refractivity contribution in [1.29, 1.82) is 0 Å². The van der Waals surface area contributed by atoms with E-state index in [9.17, 15) is 0 Å². The van der Waals surface area contributed by atoms with Gasteiger partial charge in [-0.3, -0.25) is 0 Å². The number of hydrogen-bond donors (Lipinski definition) is 1. The lowest BCUT2D eigenvalue weighted by Gasteiger charge is -2.08. The number of aromatic nitrogens is 3. The molecular weight excluding hydrogens is 268 g/mol. The van der Waals surface area contributed by atoms with Crippen LogP contribution in [0.3, 0.4) is 0 Å². The van der Waals surface area contributed by atoms with Gasteiger partial charge in [0.25, 0.3) is 0 Å². The summed E-state index contributed by atoms with van der Waals surface area (Å²) in [6, 6.07) is 2.14. The van der Waals surface area contributed by atoms with Gasteiger partial charge < -0.3 is 5.73 Å². The van der Waals surface area contributed by atoms with Gasteiger partial charge in [0.05, 0.1) is 0 Å². The molecule has 0 amide bonds. The van der Waals surface area contributed by atoms with Gasteiger partial charge in [-0.05, 0) is 69.1 Å². The van der Waals surface area contributed by atoms with E-state index in [-0.39, 0.29) is 0 Å². The second-order valence-corrected chi connectivity index (χ2v) is 5.86. The zero-order valence-corrected chi connectivity index (χ0v) is 13.2. The van der Waals surface area contributed by atoms with Gasteiger partial charge in [-0.15, -0.1) is 0 Å². The van der Waals surface area contributed by atoms with E-state index < -0.39 is 0 Å². The molecule has 0 aliphatic heterocycles. The second-order valence-electron chi connectivity index (χ2n) is 4.91. The van der Waals surface area contributed by atoms with Gasteiger partial charge in [-0.1, -0.05) is 6.07 Å². The Hall–Kier alpha value is -1.46. The molecule has 4 nitrogen and oxygen atoms in total. The third kappa shape index (κ3) is 3.35. The Morgan fingerprint density at radius 3 is 2.30 bits per heavy atom. The average molecular weight is 288 g/mol. The van der Waals surface area contributed by atoms with Crippen molar-refractivity contribution in [2.45, 2.75) is 44.3 Å². The van der Waals surface area contributed by atoms with Gasteiger partial charge in [0, 0.05) is 17.6 Å². The molecule has 2 rings (SSSR count). The van der Waals surface area contributed by atoms with Crippen molar-refractivity contribution in [3.63, 3.8) is 0 Å². The minimum Gasteiger partial charge on any atom is -0.330 e. The molecule has 0 aromatic carbocycles. The Kier molecular flexibility index (Phi) is 4.73. The molecule has 20 heavy (non-hydrogen) atoms. The monoisotopic (exact) mass is 288 g/mol. The van der Waals surface area contributed by atoms with E-state index in [0.29, 0.717) is 6.54 Å². The van der Waals surface area contributed by atoms with E-state index in [1.807, 2.05) is 27.0 Å². The highest BCUT2D eigenvalue weighted by Gasteiger charge is 2.09. The van der Waals surface area contributed by atoms with Crippen LogP contribution in [0.4, 0.5) is 0 Å². The van der Waals surface area contributed by atoms with Gasteiger partial charge in [0.2, 0.25) is 0 Å². The molecule has 0 aliphatic carbocycles. The molecular formula is C15H20N4S. The average Bonchev–Trinajstić information content (AvgIpc) is 2.39. The summed E-state index contributed by atoms with van der Waals surface area (Å²) in [7, 11) is 0. The summed E-state index contributed by atoms with van der Waals surface area (Å²) in [6.45, 7) is 8.78. The fraction of sp³-hybridized carbons (Fsp3) is 0.400. The zero-order chi connectivity index (χ0) is 14.7. The van der Waals surface area contributed by atoms with E-state index in [0.717, 1.165) is 39.1 Å². The molecule has 0 aliphatic rings. The summed E-state index contributed by atoms with van der Waals surface area (Å²) in [5.41, 5.74) is 11.1. The molecule has 0 radical (unpaired) electrons. The third-order valence-electron chi connectivity index (χ3n) is 3.32. The molecule has 0 saturated heterocycles. The van der Waals surface area contributed by atoms with Crippen LogP contribution in [0, 0.1) is 27.7 Å². The maximum absolute atomic E-state index is 5.57. The predicted molar refractivity (Wildman–Crippen MR) is 82.1 cm³/mol. The van der Waals surface area contributed by atoms with Crippen LogP contribution in [0.1, 0.15) is 28.1 Å². The molecule has 0 unspecified atom stereocenters. The molecule has 0 fully saturated rings. The Morgan fingerprint density at radius 1 is 1.10 bits per heavy atom. The fourth-order valence-electron chi connectivity index (χ4n) is 1.90. The minimum absolute atomic E-state index is 0.646. The molecule has 0 bridgehead atoms. The summed E-state index contributed by atoms with van der Waals surface area (Å²) in [4.78, 5) is 13.5. The Bertz CT molecular complexity index is 602. The topological polar surface area (TPSA) is 64.7 Å². The minimum atomic E-state index is 0.646. The standard InChI is InChI=1S/C15H20N4S/c1-9-7-13(5-6-16)8-17-14(9)20-15-18-11(3)10(2)12(4)19-15/h7-8H,5-6,16H2,1-4H3. The molecule has 0 spiro atoms. The molecule has 0 atom stereocenters. The summed E-state index contributed by atoms with van der Waals surface area (Å²) < 4.78 is 0. The van der Waals surface area contributed by atoms with Gasteiger partial charge >= 0.3 is 0 Å². The van der Waals surface area contributed by atoms with Gasteiger partial charge in [0.1, 0.15) is 5.03 Å². The van der Waals surface area contributed by atoms with Crippen molar-refractivity contribution in [2.75, 3.05) is 6.54 Å². The SMILES string of the molecule is Cc1cc(CCN)cnc1Sc1nc(C)c(C)c(C)n1. The Morgan fingerprint density at radius 2 is 1.75 bits per heavy atom. The van der Waals surface area contributed by atoms with Crippen LogP contribution < -0.4 is 5.73 Å². The van der Waals surface area contributed by atoms with Crippen molar-refractivity contribution < 1.29 is 0 Å². The lowest BCUT2D eigenvalue weighted by Crippen LogP contribution is -2.04. The molecule has 2 heterocycles. The summed E-state index contributed by atoms with van der Waals surface area (Å²) in [6.07, 6.45) is 2.74. The molecule has 106 valence electrons. The largest absolute Gasteiger partial charge is 0.330 e. The quantitative estimate of drug-likeness (QED) is 0.876. The van der Waals surface area contributed by atoms with Crippen LogP contribution in [0.5, 0.6) is 0 Å². The summed E-state index contributed by atoms with van der Waals surface area (Å²) >= 11 is 1.51. The van der Waals surface area contributed by atoms with Crippen LogP contribution in [0.2, 0.25) is 0 Å². The first-order valence-corrected chi connectivity index (χ1v) is 7.48. The Labute approximate surface area is 124 Å². The first-order chi connectivity index (χ1) is 9.51. The van der Waals surface area contributed by atoms with Crippen molar-refractivity contribution in [2.24, 2.45) is 5.73 Å². The molecule has 2 aromatic rings. The highest BCUT2D eigenvalue weighted by atomic mass is 32.2. The van der Waals surface area contributed by atoms with Crippen molar-refractivity contribution >= 4 is 11.8 Å². The fourth-order valence-corrected chi connectivity index (χ4v) is 2.77. The van der Waals surface area contributed by atoms with Crippen LogP contribution in [-0.2, 0) is 6.42 Å². The van der Waals surface area contributed by atoms with Crippen molar-refractivity contribution in [3.05, 3.63) is 40.3 Å². The zero-order valence-electron chi connectivity index (χ0n) is 12.4. The highest BCUT2D eigenvalue weighted by Crippen LogP contribution is 2.27. The molecule has 2 N–H and O–H groups in total. The normalized spacial score (nSPS) is 10.8. The maximum Gasteiger partial charge on any atom is 0.194 e. The second kappa shape index (κ2) is 6.33. The summed E-state index contributed by atoms with van der Waals surface area (Å²) in [5.74, 6) is 0. The van der Waals surface area contributed by atoms with E-state index >= 15 is 0 Å². The number of rotatable bonds is 4. The van der Waals surface area contributed by atoms with E-state index in [1.54, 1.807) is 0 Å². The number of nitrogens with zero attached hydrogens (tertiary/aromatic N) is 3. The van der Waals surface area contributed by atoms with Crippen LogP contribution in [0.25, 0.3) is 0 Å². The van der Waals surface area contributed by atoms with Gasteiger partial charge in [0.15, 0.2) is 5.16 Å². The number of hydrogen-bond acceptors (Lipinski definition) is 5. The maximum atomic E-state index is 5.57. The lowest BCUT2D eigenvalue weighted by atomic mass is 10.2. The van der Waals surface area contributed by atoms with Gasteiger partial charge in [-0.2, -0.15) is 0 Å². The Balaban J connectivity index is 2.26. The van der Waals surface area contributed by atoms with E-state index in [1.165, 1.54) is 17.3 Å². The van der Waals surface area contributed by atoms with E-state index in [2.05, 4.69) is 27.9 Å². The number of aryl methyl sites for hydroxylation is 3. The first-order valence-electron chi connectivity index (χ1n) is 6.66. The van der Waals surface area contributed by atoms with Crippen LogP contribution in [-0.4, -0.2) is 21.5 Å². The molecule has 2 aromatic heterocycles. The third-order valence-corrected chi connectivity index (χ3v) is 4.31. The number of nitrogens with two attached hydrogens (primary N) is 1. The van der Waals surface area contributed by atoms with Crippen molar-refractivity contribution in [1.82, 2.24) is 15.0 Å². The lowest BCUT2D eigenvalue weighted by molar-refractivity contribution is 0.875. The predicted octanol–water partition coefficient (Wildman–Crippen LogP) is 2.76. The van der Waals surface area contributed by atoms with Crippen LogP contribution >= 0.6 is 11.8 Å². The van der Waals surface area contributed by atoms with Crippen LogP contribution in [0.15, 0.2) is 22.4 Å². The first kappa shape index (κ1) is 14.9.